The fourth-order valence-corrected chi connectivity index (χ4v) is 1.55. The third kappa shape index (κ3) is 4.95. The van der Waals surface area contributed by atoms with E-state index in [-0.39, 0.29) is 0 Å². The molecule has 0 aliphatic carbocycles. The molecule has 38 valence electrons. The molecule has 0 aromatic rings. The maximum Gasteiger partial charge on any atom is 0.346 e. The Kier molecular flexibility index (Phi) is 4.76. The van der Waals surface area contributed by atoms with Gasteiger partial charge in [0.2, 0.25) is 0 Å². The largest absolute Gasteiger partial charge is 0.398 e. The minimum absolute atomic E-state index is 0.714. The summed E-state index contributed by atoms with van der Waals surface area (Å²) in [6.07, 6.45) is 0. The first-order valence-electron chi connectivity index (χ1n) is 1.67. The van der Waals surface area contributed by atoms with Crippen LogP contribution >= 0.6 is 26.4 Å². The van der Waals surface area contributed by atoms with Crippen molar-refractivity contribution in [3.8, 4) is 0 Å². The van der Waals surface area contributed by atoms with Gasteiger partial charge in [-0.05, 0) is 6.92 Å². The molecule has 0 radical (unpaired) electrons. The SMILES string of the molecule is CCO[SiH](Cl)Br. The lowest BCUT2D eigenvalue weighted by atomic mass is 10.9. The van der Waals surface area contributed by atoms with E-state index >= 15 is 0 Å². The van der Waals surface area contributed by atoms with Crippen LogP contribution < -0.4 is 0 Å². The van der Waals surface area contributed by atoms with Crippen molar-refractivity contribution < 1.29 is 4.43 Å². The van der Waals surface area contributed by atoms with Gasteiger partial charge in [0.1, 0.15) is 0 Å². The van der Waals surface area contributed by atoms with E-state index in [9.17, 15) is 0 Å². The number of hydrogen-bond acceptors (Lipinski definition) is 1. The quantitative estimate of drug-likeness (QED) is 0.471. The molecular formula is C2H6BrClOSi. The minimum Gasteiger partial charge on any atom is -0.398 e. The summed E-state index contributed by atoms with van der Waals surface area (Å²) in [5.74, 6) is 0. The van der Waals surface area contributed by atoms with Crippen molar-refractivity contribution in [2.24, 2.45) is 0 Å². The molecule has 0 aliphatic rings. The Morgan fingerprint density at radius 3 is 2.50 bits per heavy atom. The number of hydrogen-bond donors (Lipinski definition) is 0. The maximum atomic E-state index is 5.41. The summed E-state index contributed by atoms with van der Waals surface area (Å²) in [7, 11) is 0. The van der Waals surface area contributed by atoms with Crippen molar-refractivity contribution >= 4 is 33.3 Å². The molecule has 0 saturated carbocycles. The molecule has 0 N–H and O–H groups in total. The highest BCUT2D eigenvalue weighted by molar-refractivity contribution is 9.25. The van der Waals surface area contributed by atoms with Crippen LogP contribution in [0.3, 0.4) is 0 Å². The molecule has 0 aliphatic heterocycles. The lowest BCUT2D eigenvalue weighted by Crippen LogP contribution is -1.98. The highest BCUT2D eigenvalue weighted by atomic mass is 79.9. The van der Waals surface area contributed by atoms with E-state index in [2.05, 4.69) is 15.3 Å². The van der Waals surface area contributed by atoms with Gasteiger partial charge in [-0.2, -0.15) is 0 Å². The van der Waals surface area contributed by atoms with E-state index in [1.807, 2.05) is 6.92 Å². The molecule has 4 heteroatoms. The molecule has 0 bridgehead atoms. The zero-order valence-corrected chi connectivity index (χ0v) is 6.95. The molecule has 0 amide bonds. The van der Waals surface area contributed by atoms with Crippen molar-refractivity contribution in [3.63, 3.8) is 0 Å². The Hall–Kier alpha value is 0.947. The summed E-state index contributed by atoms with van der Waals surface area (Å²) < 4.78 is 4.86. The predicted octanol–water partition coefficient (Wildman–Crippen LogP) is 1.37. The van der Waals surface area contributed by atoms with Crippen LogP contribution in [0.2, 0.25) is 0 Å². The summed E-state index contributed by atoms with van der Waals surface area (Å²) in [6.45, 7) is 1.25. The van der Waals surface area contributed by atoms with Crippen molar-refractivity contribution in [2.45, 2.75) is 6.92 Å². The summed E-state index contributed by atoms with van der Waals surface area (Å²) >= 11 is 8.53. The third-order valence-electron chi connectivity index (χ3n) is 0.293. The van der Waals surface area contributed by atoms with E-state index < -0.39 is 6.97 Å². The van der Waals surface area contributed by atoms with E-state index in [0.717, 1.165) is 0 Å². The molecule has 1 atom stereocenters. The van der Waals surface area contributed by atoms with Crippen molar-refractivity contribution in [3.05, 3.63) is 0 Å². The van der Waals surface area contributed by atoms with Gasteiger partial charge in [0.15, 0.2) is 0 Å². The fourth-order valence-electron chi connectivity index (χ4n) is 0.126. The van der Waals surface area contributed by atoms with Gasteiger partial charge in [0.25, 0.3) is 0 Å². The van der Waals surface area contributed by atoms with Crippen LogP contribution in [-0.2, 0) is 4.43 Å². The van der Waals surface area contributed by atoms with E-state index in [1.54, 1.807) is 0 Å². The van der Waals surface area contributed by atoms with Gasteiger partial charge in [0.05, 0.1) is 0 Å². The average Bonchev–Trinajstić information content (AvgIpc) is 1.35. The standard InChI is InChI=1S/C2H6BrClOSi/c1-2-5-6(3)4/h6H,2H2,1H3. The van der Waals surface area contributed by atoms with E-state index in [0.29, 0.717) is 6.61 Å². The highest BCUT2D eigenvalue weighted by Gasteiger charge is 1.94. The topological polar surface area (TPSA) is 9.23 Å². The van der Waals surface area contributed by atoms with Gasteiger partial charge in [0, 0.05) is 6.61 Å². The molecule has 0 aromatic heterocycles. The summed E-state index contributed by atoms with van der Waals surface area (Å²) in [4.78, 5) is 0. The summed E-state index contributed by atoms with van der Waals surface area (Å²) in [5.41, 5.74) is 0. The lowest BCUT2D eigenvalue weighted by Gasteiger charge is -1.93. The Bertz CT molecular complexity index is 34.7. The Labute approximate surface area is 51.6 Å². The Balaban J connectivity index is 2.63. The van der Waals surface area contributed by atoms with Crippen LogP contribution in [0.25, 0.3) is 0 Å². The average molecular weight is 190 g/mol. The predicted molar refractivity (Wildman–Crippen MR) is 33.6 cm³/mol. The van der Waals surface area contributed by atoms with Crippen molar-refractivity contribution in [1.82, 2.24) is 0 Å². The Morgan fingerprint density at radius 1 is 2.00 bits per heavy atom. The number of halogens is 2. The monoisotopic (exact) mass is 188 g/mol. The first-order chi connectivity index (χ1) is 2.77. The van der Waals surface area contributed by atoms with Crippen LogP contribution in [0.15, 0.2) is 0 Å². The van der Waals surface area contributed by atoms with Crippen LogP contribution in [0.5, 0.6) is 0 Å². The smallest absolute Gasteiger partial charge is 0.346 e. The molecule has 0 aromatic carbocycles. The molecular weight excluding hydrogens is 183 g/mol. The molecule has 0 rings (SSSR count). The summed E-state index contributed by atoms with van der Waals surface area (Å²) in [6, 6.07) is 0. The second-order valence-electron chi connectivity index (χ2n) is 0.716. The van der Waals surface area contributed by atoms with Gasteiger partial charge in [-0.15, -0.1) is 11.1 Å². The molecule has 0 spiro atoms. The molecule has 1 nitrogen and oxygen atoms in total. The zero-order valence-electron chi connectivity index (χ0n) is 3.45. The van der Waals surface area contributed by atoms with Gasteiger partial charge in [-0.3, -0.25) is 0 Å². The molecule has 1 unspecified atom stereocenters. The first kappa shape index (κ1) is 6.95. The minimum atomic E-state index is -1.39. The second-order valence-corrected chi connectivity index (χ2v) is 6.84. The third-order valence-corrected chi connectivity index (χ3v) is 2.05. The maximum absolute atomic E-state index is 5.41. The lowest BCUT2D eigenvalue weighted by molar-refractivity contribution is 0.368. The van der Waals surface area contributed by atoms with Crippen molar-refractivity contribution in [1.29, 1.82) is 0 Å². The van der Waals surface area contributed by atoms with Gasteiger partial charge in [-0.25, -0.2) is 0 Å². The van der Waals surface area contributed by atoms with E-state index in [1.165, 1.54) is 0 Å². The second kappa shape index (κ2) is 4.12. The number of rotatable bonds is 2. The summed E-state index contributed by atoms with van der Waals surface area (Å²) in [5, 5.41) is 0. The van der Waals surface area contributed by atoms with Crippen LogP contribution in [0.1, 0.15) is 6.92 Å². The first-order valence-corrected chi connectivity index (χ1v) is 7.07. The zero-order chi connectivity index (χ0) is 4.99. The molecule has 0 fully saturated rings. The van der Waals surface area contributed by atoms with Crippen LogP contribution in [-0.4, -0.2) is 13.6 Å². The van der Waals surface area contributed by atoms with Crippen molar-refractivity contribution in [2.75, 3.05) is 6.61 Å². The fraction of sp³-hybridized carbons (Fsp3) is 1.00. The normalized spacial score (nSPS) is 14.5. The molecule has 0 heterocycles. The van der Waals surface area contributed by atoms with E-state index in [4.69, 9.17) is 15.5 Å². The van der Waals surface area contributed by atoms with Crippen LogP contribution in [0.4, 0.5) is 0 Å². The van der Waals surface area contributed by atoms with Crippen LogP contribution in [0, 0.1) is 0 Å². The molecule has 0 saturated heterocycles. The van der Waals surface area contributed by atoms with Gasteiger partial charge >= 0.3 is 6.97 Å². The highest BCUT2D eigenvalue weighted by Crippen LogP contribution is 1.98. The molecule has 6 heavy (non-hydrogen) atoms. The van der Waals surface area contributed by atoms with Gasteiger partial charge in [-0.1, -0.05) is 15.3 Å². The van der Waals surface area contributed by atoms with Gasteiger partial charge < -0.3 is 4.43 Å². The Morgan fingerprint density at radius 2 is 2.50 bits per heavy atom.